The van der Waals surface area contributed by atoms with E-state index in [1.54, 1.807) is 0 Å². The quantitative estimate of drug-likeness (QED) is 0.620. The van der Waals surface area contributed by atoms with Gasteiger partial charge in [0.25, 0.3) is 10.0 Å². The molecule has 0 aliphatic rings. The van der Waals surface area contributed by atoms with Gasteiger partial charge >= 0.3 is 17.4 Å². The molecule has 0 amide bonds. The molecule has 0 radical (unpaired) electrons. The van der Waals surface area contributed by atoms with Crippen LogP contribution in [0.2, 0.25) is 0 Å². The lowest BCUT2D eigenvalue weighted by Gasteiger charge is -2.27. The highest BCUT2D eigenvalue weighted by Crippen LogP contribution is 2.48. The fourth-order valence-electron chi connectivity index (χ4n) is 0.593. The molecular weight excluding hydrogens is 283 g/mol. The van der Waals surface area contributed by atoms with E-state index < -0.39 is 33.9 Å². The van der Waals surface area contributed by atoms with Crippen LogP contribution in [-0.2, 0) is 10.0 Å². The van der Waals surface area contributed by atoms with E-state index in [0.29, 0.717) is 6.08 Å². The van der Waals surface area contributed by atoms with E-state index in [2.05, 4.69) is 6.58 Å². The van der Waals surface area contributed by atoms with Crippen LogP contribution in [0.4, 0.5) is 30.7 Å². The molecule has 0 aliphatic carbocycles. The lowest BCUT2D eigenvalue weighted by atomic mass is 10.3. The normalized spacial score (nSPS) is 14.8. The van der Waals surface area contributed by atoms with Crippen molar-refractivity contribution in [3.63, 3.8) is 0 Å². The largest absolute Gasteiger partial charge is 0.461 e. The van der Waals surface area contributed by atoms with Crippen LogP contribution in [0.15, 0.2) is 12.7 Å². The van der Waals surface area contributed by atoms with E-state index in [1.807, 2.05) is 0 Å². The number of hydrogen-bond donors (Lipinski definition) is 1. The highest BCUT2D eigenvalue weighted by Gasteiger charge is 2.78. The summed E-state index contributed by atoms with van der Waals surface area (Å²) in [6, 6.07) is 0. The molecule has 0 atom stereocenters. The Morgan fingerprint density at radius 2 is 1.47 bits per heavy atom. The Morgan fingerprint density at radius 3 is 1.76 bits per heavy atom. The average molecular weight is 289 g/mol. The lowest BCUT2D eigenvalue weighted by molar-refractivity contribution is -0.332. The topological polar surface area (TPSA) is 46.2 Å². The zero-order valence-electron chi connectivity index (χ0n) is 7.86. The molecule has 102 valence electrons. The van der Waals surface area contributed by atoms with Crippen molar-refractivity contribution < 1.29 is 39.2 Å². The van der Waals surface area contributed by atoms with Crippen LogP contribution in [0.25, 0.3) is 0 Å². The summed E-state index contributed by atoms with van der Waals surface area (Å²) in [4.78, 5) is 0. The summed E-state index contributed by atoms with van der Waals surface area (Å²) in [7, 11) is -6.19. The smallest absolute Gasteiger partial charge is 0.206 e. The lowest BCUT2D eigenvalue weighted by Crippen LogP contribution is -2.58. The van der Waals surface area contributed by atoms with E-state index in [1.165, 1.54) is 0 Å². The summed E-state index contributed by atoms with van der Waals surface area (Å²) in [6.45, 7) is 1.96. The molecule has 1 N–H and O–H groups in total. The summed E-state index contributed by atoms with van der Waals surface area (Å²) in [6.07, 6.45) is -6.00. The zero-order chi connectivity index (χ0) is 14.1. The number of hydrogen-bond acceptors (Lipinski definition) is 2. The molecule has 17 heavy (non-hydrogen) atoms. The van der Waals surface area contributed by atoms with Crippen LogP contribution in [0.1, 0.15) is 0 Å². The fourth-order valence-corrected chi connectivity index (χ4v) is 1.56. The molecule has 0 saturated heterocycles. The molecule has 11 heteroatoms. The van der Waals surface area contributed by atoms with Gasteiger partial charge in [0.1, 0.15) is 0 Å². The predicted molar refractivity (Wildman–Crippen MR) is 43.1 cm³/mol. The monoisotopic (exact) mass is 289 g/mol. The molecular formula is C6H6F7NO2S. The summed E-state index contributed by atoms with van der Waals surface area (Å²) in [5.74, 6) is -6.70. The minimum atomic E-state index is -6.70. The van der Waals surface area contributed by atoms with Crippen molar-refractivity contribution in [2.75, 3.05) is 6.54 Å². The Morgan fingerprint density at radius 1 is 1.06 bits per heavy atom. The molecule has 0 aromatic rings. The standard InChI is InChI=1S/C6H6F7NO2S/c1-2-3-14-17(15,16)6(12,13)4(7,8)5(9,10)11/h2,14H,1,3H2. The van der Waals surface area contributed by atoms with Gasteiger partial charge in [-0.2, -0.15) is 30.7 Å². The summed E-state index contributed by atoms with van der Waals surface area (Å²) >= 11 is 0. The molecule has 0 bridgehead atoms. The summed E-state index contributed by atoms with van der Waals surface area (Å²) < 4.78 is 107. The molecule has 0 saturated carbocycles. The Balaban J connectivity index is 5.48. The third-order valence-electron chi connectivity index (χ3n) is 1.48. The molecule has 3 nitrogen and oxygen atoms in total. The Kier molecular flexibility index (Phi) is 4.22. The Bertz CT molecular complexity index is 386. The van der Waals surface area contributed by atoms with Gasteiger partial charge in [-0.15, -0.1) is 6.58 Å². The third-order valence-corrected chi connectivity index (χ3v) is 2.95. The van der Waals surface area contributed by atoms with Crippen LogP contribution >= 0.6 is 0 Å². The average Bonchev–Trinajstić information content (AvgIpc) is 2.12. The first-order valence-electron chi connectivity index (χ1n) is 3.73. The van der Waals surface area contributed by atoms with Crippen molar-refractivity contribution in [1.29, 1.82) is 0 Å². The molecule has 0 spiro atoms. The van der Waals surface area contributed by atoms with Gasteiger partial charge in [0.15, 0.2) is 0 Å². The van der Waals surface area contributed by atoms with Crippen molar-refractivity contribution in [2.45, 2.75) is 17.4 Å². The van der Waals surface area contributed by atoms with Crippen LogP contribution in [0.3, 0.4) is 0 Å². The van der Waals surface area contributed by atoms with Crippen molar-refractivity contribution in [3.8, 4) is 0 Å². The van der Waals surface area contributed by atoms with Crippen molar-refractivity contribution in [2.24, 2.45) is 0 Å². The predicted octanol–water partition coefficient (Wildman–Crippen LogP) is 1.88. The van der Waals surface area contributed by atoms with Crippen LogP contribution in [-0.4, -0.2) is 32.3 Å². The molecule has 0 heterocycles. The zero-order valence-corrected chi connectivity index (χ0v) is 8.68. The van der Waals surface area contributed by atoms with Crippen molar-refractivity contribution >= 4 is 10.0 Å². The molecule has 0 aliphatic heterocycles. The van der Waals surface area contributed by atoms with E-state index in [9.17, 15) is 39.2 Å². The van der Waals surface area contributed by atoms with Gasteiger partial charge in [-0.1, -0.05) is 6.08 Å². The first kappa shape index (κ1) is 16.2. The second-order valence-electron chi connectivity index (χ2n) is 2.73. The van der Waals surface area contributed by atoms with Crippen molar-refractivity contribution in [1.82, 2.24) is 4.72 Å². The minimum absolute atomic E-state index is 0.694. The maximum atomic E-state index is 12.6. The third kappa shape index (κ3) is 2.70. The van der Waals surface area contributed by atoms with Crippen LogP contribution < -0.4 is 4.72 Å². The first-order chi connectivity index (χ1) is 7.31. The van der Waals surface area contributed by atoms with Gasteiger partial charge < -0.3 is 0 Å². The number of rotatable bonds is 5. The molecule has 0 fully saturated rings. The molecule has 0 rings (SSSR count). The first-order valence-corrected chi connectivity index (χ1v) is 5.22. The maximum Gasteiger partial charge on any atom is 0.461 e. The van der Waals surface area contributed by atoms with E-state index >= 15 is 0 Å². The number of sulfonamides is 1. The number of alkyl halides is 7. The second kappa shape index (κ2) is 4.44. The van der Waals surface area contributed by atoms with Gasteiger partial charge in [0.2, 0.25) is 0 Å². The van der Waals surface area contributed by atoms with E-state index in [4.69, 9.17) is 0 Å². The highest BCUT2D eigenvalue weighted by molar-refractivity contribution is 7.90. The number of nitrogens with one attached hydrogen (secondary N) is 1. The van der Waals surface area contributed by atoms with E-state index in [-0.39, 0.29) is 0 Å². The summed E-state index contributed by atoms with van der Waals surface area (Å²) in [5, 5.41) is -6.32. The van der Waals surface area contributed by atoms with Gasteiger partial charge in [-0.25, -0.2) is 13.1 Å². The summed E-state index contributed by atoms with van der Waals surface area (Å²) in [5.41, 5.74) is 0. The van der Waals surface area contributed by atoms with Crippen LogP contribution in [0, 0.1) is 0 Å². The SMILES string of the molecule is C=CCNS(=O)(=O)C(F)(F)C(F)(F)C(F)(F)F. The van der Waals surface area contributed by atoms with Gasteiger partial charge in [-0.05, 0) is 0 Å². The minimum Gasteiger partial charge on any atom is -0.206 e. The Labute approximate surface area is 91.3 Å². The van der Waals surface area contributed by atoms with Gasteiger partial charge in [0, 0.05) is 6.54 Å². The van der Waals surface area contributed by atoms with Crippen LogP contribution in [0.5, 0.6) is 0 Å². The number of halogens is 7. The van der Waals surface area contributed by atoms with Gasteiger partial charge in [-0.3, -0.25) is 0 Å². The fraction of sp³-hybridized carbons (Fsp3) is 0.667. The molecule has 0 aromatic carbocycles. The second-order valence-corrected chi connectivity index (χ2v) is 4.54. The van der Waals surface area contributed by atoms with Crippen molar-refractivity contribution in [3.05, 3.63) is 12.7 Å². The molecule has 0 unspecified atom stereocenters. The van der Waals surface area contributed by atoms with Gasteiger partial charge in [0.05, 0.1) is 0 Å². The Hall–Kier alpha value is -0.840. The highest BCUT2D eigenvalue weighted by atomic mass is 32.2. The van der Waals surface area contributed by atoms with E-state index in [0.717, 1.165) is 4.72 Å². The molecule has 0 aromatic heterocycles. The maximum absolute atomic E-state index is 12.6.